The molecule has 1 aromatic carbocycles. The molecule has 6 heteroatoms. The Morgan fingerprint density at radius 2 is 1.69 bits per heavy atom. The zero-order valence-corrected chi connectivity index (χ0v) is 8.28. The van der Waals surface area contributed by atoms with Gasteiger partial charge in [-0.15, -0.1) is 0 Å². The van der Waals surface area contributed by atoms with Crippen molar-refractivity contribution in [3.05, 3.63) is 29.8 Å². The summed E-state index contributed by atoms with van der Waals surface area (Å²) in [5.41, 5.74) is 0.567. The van der Waals surface area contributed by atoms with Crippen LogP contribution in [0.15, 0.2) is 24.3 Å². The molecule has 0 atom stereocenters. The van der Waals surface area contributed by atoms with Crippen molar-refractivity contribution in [2.24, 2.45) is 0 Å². The van der Waals surface area contributed by atoms with E-state index in [0.717, 1.165) is 0 Å². The van der Waals surface area contributed by atoms with Gasteiger partial charge in [-0.3, -0.25) is 0 Å². The van der Waals surface area contributed by atoms with Gasteiger partial charge in [0.05, 0.1) is 6.61 Å². The van der Waals surface area contributed by atoms with E-state index in [-0.39, 0.29) is 12.4 Å². The van der Waals surface area contributed by atoms with Gasteiger partial charge in [0.2, 0.25) is 0 Å². The molecule has 0 saturated carbocycles. The molecule has 1 aromatic rings. The van der Waals surface area contributed by atoms with Gasteiger partial charge >= 0.3 is 0 Å². The van der Waals surface area contributed by atoms with Crippen molar-refractivity contribution >= 4 is 19.0 Å². The van der Waals surface area contributed by atoms with Gasteiger partial charge in [-0.25, -0.2) is 0 Å². The smallest absolute Gasteiger partial charge is 0.271 e. The molecule has 0 amide bonds. The molecule has 1 rings (SSSR count). The van der Waals surface area contributed by atoms with Crippen molar-refractivity contribution in [1.29, 1.82) is 0 Å². The number of phenols is 1. The molecule has 0 aromatic heterocycles. The lowest BCUT2D eigenvalue weighted by atomic mass is 10.2. The normalized spacial score (nSPS) is 9.31. The molecule has 0 saturated heterocycles. The summed E-state index contributed by atoms with van der Waals surface area (Å²) in [4.78, 5) is 14.9. The predicted octanol–water partition coefficient (Wildman–Crippen LogP) is 1.32. The molecule has 4 nitrogen and oxygen atoms in total. The van der Waals surface area contributed by atoms with E-state index in [1.165, 1.54) is 0 Å². The van der Waals surface area contributed by atoms with Crippen LogP contribution in [0.1, 0.15) is 5.56 Å². The minimum Gasteiger partial charge on any atom is -0.508 e. The Kier molecular flexibility index (Phi) is 6.86. The van der Waals surface area contributed by atoms with Crippen LogP contribution in [-0.4, -0.2) is 20.0 Å². The van der Waals surface area contributed by atoms with E-state index in [2.05, 4.69) is 11.2 Å². The lowest BCUT2D eigenvalue weighted by molar-refractivity contribution is 0.275. The molecule has 4 N–H and O–H groups in total. The monoisotopic (exact) mass is 224 g/mol. The summed E-state index contributed by atoms with van der Waals surface area (Å²) in [5, 5.41) is 17.5. The van der Waals surface area contributed by atoms with Crippen LogP contribution in [0, 0.1) is 0 Å². The molecule has 0 unspecified atom stereocenters. The SMILES string of the molecule is OCc1ccccc1O.OP(O)Cl. The first kappa shape index (κ1) is 12.6. The van der Waals surface area contributed by atoms with Gasteiger partial charge < -0.3 is 20.0 Å². The van der Waals surface area contributed by atoms with Crippen molar-refractivity contribution in [1.82, 2.24) is 0 Å². The van der Waals surface area contributed by atoms with E-state index in [4.69, 9.17) is 20.0 Å². The molecular weight excluding hydrogens is 214 g/mol. The number of aliphatic hydroxyl groups excluding tert-OH is 1. The van der Waals surface area contributed by atoms with Crippen molar-refractivity contribution in [2.75, 3.05) is 0 Å². The summed E-state index contributed by atoms with van der Waals surface area (Å²) in [7, 11) is -2.15. The zero-order valence-electron chi connectivity index (χ0n) is 6.63. The largest absolute Gasteiger partial charge is 0.508 e. The van der Waals surface area contributed by atoms with Crippen molar-refractivity contribution in [3.63, 3.8) is 0 Å². The molecule has 0 radical (unpaired) electrons. The van der Waals surface area contributed by atoms with Gasteiger partial charge in [0.1, 0.15) is 5.75 Å². The Bertz CT molecular complexity index is 241. The van der Waals surface area contributed by atoms with Gasteiger partial charge in [0, 0.05) is 5.56 Å². The van der Waals surface area contributed by atoms with E-state index >= 15 is 0 Å². The topological polar surface area (TPSA) is 80.9 Å². The molecule has 0 aliphatic carbocycles. The quantitative estimate of drug-likeness (QED) is 0.543. The molecule has 0 bridgehead atoms. The maximum absolute atomic E-state index is 8.95. The molecule has 0 aliphatic rings. The number of benzene rings is 1. The fraction of sp³-hybridized carbons (Fsp3) is 0.143. The fourth-order valence-corrected chi connectivity index (χ4v) is 0.645. The zero-order chi connectivity index (χ0) is 10.3. The van der Waals surface area contributed by atoms with Crippen molar-refractivity contribution < 1.29 is 20.0 Å². The van der Waals surface area contributed by atoms with Gasteiger partial charge in [-0.2, -0.15) is 0 Å². The van der Waals surface area contributed by atoms with Crippen LogP contribution in [0.4, 0.5) is 0 Å². The van der Waals surface area contributed by atoms with Crippen LogP contribution in [0.25, 0.3) is 0 Å². The predicted molar refractivity (Wildman–Crippen MR) is 51.2 cm³/mol. The van der Waals surface area contributed by atoms with Crippen molar-refractivity contribution in [2.45, 2.75) is 6.61 Å². The van der Waals surface area contributed by atoms with Crippen LogP contribution in [0.2, 0.25) is 0 Å². The number of para-hydroxylation sites is 1. The number of halogens is 1. The first-order valence-electron chi connectivity index (χ1n) is 3.29. The molecule has 0 spiro atoms. The molecule has 74 valence electrons. The van der Waals surface area contributed by atoms with E-state index < -0.39 is 7.73 Å². The maximum Gasteiger partial charge on any atom is 0.271 e. The van der Waals surface area contributed by atoms with Gasteiger partial charge in [0.15, 0.2) is 0 Å². The third-order valence-electron chi connectivity index (χ3n) is 1.16. The van der Waals surface area contributed by atoms with Gasteiger partial charge in [0.25, 0.3) is 7.73 Å². The minimum absolute atomic E-state index is 0.104. The Morgan fingerprint density at radius 3 is 2.00 bits per heavy atom. The minimum atomic E-state index is -2.15. The third kappa shape index (κ3) is 6.75. The lowest BCUT2D eigenvalue weighted by Crippen LogP contribution is -1.80. The van der Waals surface area contributed by atoms with Crippen LogP contribution in [-0.2, 0) is 6.61 Å². The van der Waals surface area contributed by atoms with Gasteiger partial charge in [-0.1, -0.05) is 18.2 Å². The van der Waals surface area contributed by atoms with Crippen LogP contribution in [0.5, 0.6) is 5.75 Å². The average molecular weight is 225 g/mol. The van der Waals surface area contributed by atoms with E-state index in [9.17, 15) is 0 Å². The summed E-state index contributed by atoms with van der Waals surface area (Å²) < 4.78 is 0. The standard InChI is InChI=1S/C7H8O2.ClH2O2P/c8-5-6-3-1-2-4-7(6)9;1-4(2)3/h1-4,8-9H,5H2;2-3H. The molecule has 13 heavy (non-hydrogen) atoms. The number of aromatic hydroxyl groups is 1. The van der Waals surface area contributed by atoms with E-state index in [1.54, 1.807) is 24.3 Å². The number of aliphatic hydroxyl groups is 1. The van der Waals surface area contributed by atoms with Crippen LogP contribution < -0.4 is 0 Å². The average Bonchev–Trinajstić information content (AvgIpc) is 2.04. The summed E-state index contributed by atoms with van der Waals surface area (Å²) >= 11 is 4.45. The summed E-state index contributed by atoms with van der Waals surface area (Å²) in [6.45, 7) is -0.104. The molecule has 0 heterocycles. The first-order valence-corrected chi connectivity index (χ1v) is 5.44. The summed E-state index contributed by atoms with van der Waals surface area (Å²) in [6.07, 6.45) is 0. The van der Waals surface area contributed by atoms with E-state index in [1.807, 2.05) is 0 Å². The lowest BCUT2D eigenvalue weighted by Gasteiger charge is -1.96. The second-order valence-electron chi connectivity index (χ2n) is 2.03. The maximum atomic E-state index is 8.95. The Morgan fingerprint density at radius 1 is 1.23 bits per heavy atom. The van der Waals surface area contributed by atoms with E-state index in [0.29, 0.717) is 5.56 Å². The van der Waals surface area contributed by atoms with Crippen molar-refractivity contribution in [3.8, 4) is 5.75 Å². The Balaban J connectivity index is 0.000000310. The number of hydrogen-bond acceptors (Lipinski definition) is 4. The Labute approximate surface area is 81.7 Å². The highest BCUT2D eigenvalue weighted by Gasteiger charge is 1.93. The number of hydrogen-bond donors (Lipinski definition) is 4. The molecule has 0 aliphatic heterocycles. The molecular formula is C7H10ClO4P. The highest BCUT2D eigenvalue weighted by atomic mass is 35.7. The fourth-order valence-electron chi connectivity index (χ4n) is 0.645. The Hall–Kier alpha value is -0.380. The highest BCUT2D eigenvalue weighted by molar-refractivity contribution is 7.74. The summed E-state index contributed by atoms with van der Waals surface area (Å²) in [5.74, 6) is 0.153. The third-order valence-corrected chi connectivity index (χ3v) is 1.16. The molecule has 0 fully saturated rings. The highest BCUT2D eigenvalue weighted by Crippen LogP contribution is 2.27. The number of rotatable bonds is 1. The first-order chi connectivity index (χ1) is 6.07. The van der Waals surface area contributed by atoms with Crippen LogP contribution in [0.3, 0.4) is 0 Å². The van der Waals surface area contributed by atoms with Gasteiger partial charge in [-0.05, 0) is 17.3 Å². The second kappa shape index (κ2) is 7.06. The van der Waals surface area contributed by atoms with Crippen LogP contribution >= 0.6 is 19.0 Å². The summed E-state index contributed by atoms with van der Waals surface area (Å²) in [6, 6.07) is 6.71. The second-order valence-corrected chi connectivity index (χ2v) is 3.42.